The minimum Gasteiger partial charge on any atom is -0.456 e. The summed E-state index contributed by atoms with van der Waals surface area (Å²) >= 11 is 0. The van der Waals surface area contributed by atoms with E-state index in [-0.39, 0.29) is 0 Å². The largest absolute Gasteiger partial charge is 0.456 e. The summed E-state index contributed by atoms with van der Waals surface area (Å²) in [6, 6.07) is 113. The summed E-state index contributed by atoms with van der Waals surface area (Å²) < 4.78 is 8.78. The second-order valence-electron chi connectivity index (χ2n) is 22.6. The molecule has 0 saturated heterocycles. The molecule has 2 aliphatic carbocycles. The van der Waals surface area contributed by atoms with E-state index >= 15 is 0 Å². The maximum absolute atomic E-state index is 6.26. The van der Waals surface area contributed by atoms with Gasteiger partial charge in [-0.15, -0.1) is 0 Å². The van der Waals surface area contributed by atoms with Crippen LogP contribution in [0.3, 0.4) is 0 Å². The molecule has 386 valence electrons. The summed E-state index contributed by atoms with van der Waals surface area (Å²) in [5, 5.41) is 4.81. The van der Waals surface area contributed by atoms with Crippen LogP contribution in [-0.4, -0.2) is 4.57 Å². The van der Waals surface area contributed by atoms with Crippen LogP contribution in [0.4, 0.5) is 17.1 Å². The van der Waals surface area contributed by atoms with Crippen molar-refractivity contribution in [3.05, 3.63) is 348 Å². The van der Waals surface area contributed by atoms with Gasteiger partial charge in [0.25, 0.3) is 0 Å². The maximum Gasteiger partial charge on any atom is 0.135 e. The third-order valence-electron chi connectivity index (χ3n) is 18.7. The summed E-state index contributed by atoms with van der Waals surface area (Å²) in [6.45, 7) is 0. The number of hydrogen-bond acceptors (Lipinski definition) is 2. The highest BCUT2D eigenvalue weighted by Gasteiger charge is 2.52. The van der Waals surface area contributed by atoms with E-state index in [4.69, 9.17) is 4.42 Å². The Morgan fingerprint density at radius 3 is 1.55 bits per heavy atom. The van der Waals surface area contributed by atoms with Crippen LogP contribution in [0.1, 0.15) is 44.5 Å². The molecule has 83 heavy (non-hydrogen) atoms. The molecule has 3 aliphatic rings. The molecule has 0 fully saturated rings. The molecular formula is C80H50N2O. The molecular weight excluding hydrogens is 1000 g/mol. The number of fused-ring (bicyclic) bond motifs is 18. The van der Waals surface area contributed by atoms with Gasteiger partial charge in [0.05, 0.1) is 33.2 Å². The first kappa shape index (κ1) is 46.1. The zero-order valence-electron chi connectivity index (χ0n) is 45.2. The second-order valence-corrected chi connectivity index (χ2v) is 22.6. The summed E-state index contributed by atoms with van der Waals surface area (Å²) in [4.78, 5) is 2.49. The SMILES string of the molecule is c1ccc(C2(c3ccccc3)c3ccccc3-c3c(N(c4ccc(-c5ccc6oc7ccccc7c6c5)cc4)c4ccc(-c5cccc6c5-c5ccccc5C65c6ccccc6-n6c7ccccc7c7cccc5c76)cc4)cccc32)cc1. The van der Waals surface area contributed by atoms with Crippen molar-refractivity contribution in [2.24, 2.45) is 0 Å². The Balaban J connectivity index is 0.832. The highest BCUT2D eigenvalue weighted by Crippen LogP contribution is 2.63. The molecule has 3 heterocycles. The fourth-order valence-electron chi connectivity index (χ4n) is 15.4. The van der Waals surface area contributed by atoms with Gasteiger partial charge >= 0.3 is 0 Å². The smallest absolute Gasteiger partial charge is 0.135 e. The number of hydrogen-bond donors (Lipinski definition) is 0. The minimum absolute atomic E-state index is 0.540. The maximum atomic E-state index is 6.26. The Labute approximate surface area is 480 Å². The average Bonchev–Trinajstić information content (AvgIpc) is 1.96. The first-order chi connectivity index (χ1) is 41.2. The lowest BCUT2D eigenvalue weighted by Gasteiger charge is -2.39. The lowest BCUT2D eigenvalue weighted by atomic mass is 9.65. The van der Waals surface area contributed by atoms with E-state index in [0.29, 0.717) is 0 Å². The zero-order valence-corrected chi connectivity index (χ0v) is 45.2. The number of para-hydroxylation sites is 4. The van der Waals surface area contributed by atoms with Crippen LogP contribution in [0.5, 0.6) is 0 Å². The van der Waals surface area contributed by atoms with Gasteiger partial charge in [0, 0.05) is 38.5 Å². The molecule has 0 N–H and O–H groups in total. The molecule has 3 nitrogen and oxygen atoms in total. The molecule has 15 aromatic rings. The van der Waals surface area contributed by atoms with E-state index in [9.17, 15) is 0 Å². The molecule has 13 aromatic carbocycles. The molecule has 0 radical (unpaired) electrons. The Bertz CT molecular complexity index is 5110. The molecule has 1 aliphatic heterocycles. The molecule has 18 rings (SSSR count). The number of anilines is 3. The first-order valence-electron chi connectivity index (χ1n) is 28.8. The van der Waals surface area contributed by atoms with Crippen molar-refractivity contribution in [1.82, 2.24) is 4.57 Å². The summed E-state index contributed by atoms with van der Waals surface area (Å²) in [5.74, 6) is 0. The van der Waals surface area contributed by atoms with Crippen LogP contribution < -0.4 is 4.90 Å². The minimum atomic E-state index is -0.554. The predicted molar refractivity (Wildman–Crippen MR) is 342 cm³/mol. The van der Waals surface area contributed by atoms with Gasteiger partial charge in [0.2, 0.25) is 0 Å². The van der Waals surface area contributed by atoms with Gasteiger partial charge < -0.3 is 13.9 Å². The van der Waals surface area contributed by atoms with Crippen LogP contribution >= 0.6 is 0 Å². The van der Waals surface area contributed by atoms with Gasteiger partial charge in [0.1, 0.15) is 11.2 Å². The molecule has 1 spiro atoms. The van der Waals surface area contributed by atoms with E-state index in [1.54, 1.807) is 0 Å². The van der Waals surface area contributed by atoms with Crippen LogP contribution in [0.15, 0.2) is 308 Å². The van der Waals surface area contributed by atoms with Crippen molar-refractivity contribution in [1.29, 1.82) is 0 Å². The van der Waals surface area contributed by atoms with E-state index in [1.807, 2.05) is 12.1 Å². The molecule has 0 bridgehead atoms. The molecule has 1 unspecified atom stereocenters. The van der Waals surface area contributed by atoms with Crippen LogP contribution in [0, 0.1) is 0 Å². The van der Waals surface area contributed by atoms with Crippen LogP contribution in [0.2, 0.25) is 0 Å². The van der Waals surface area contributed by atoms with Crippen molar-refractivity contribution < 1.29 is 4.42 Å². The van der Waals surface area contributed by atoms with E-state index in [1.165, 1.54) is 105 Å². The highest BCUT2D eigenvalue weighted by molar-refractivity contribution is 6.13. The van der Waals surface area contributed by atoms with Crippen molar-refractivity contribution >= 4 is 60.8 Å². The number of rotatable bonds is 7. The Morgan fingerprint density at radius 1 is 0.301 bits per heavy atom. The standard InChI is InChI=1S/C80H50N2O/c1-3-20-54(21-4-1)79(55-22-5-2-6-23-55)65-30-11-8-27-63(65)77-69(79)34-19-38-73(77)81(56-45-40-51(41-46-56)53-44-49-75-64(50-53)60-25-10-16-39-74(60)83-75)57-47-42-52(43-48-57)58-28-17-33-68-76(58)62-26-7-12-31-66(62)80(68)67-32-13-15-37-72(67)82-71-36-14-9-24-59(71)61-29-18-35-70(80)78(61)82/h1-50H. The third-order valence-corrected chi connectivity index (χ3v) is 18.7. The Hall–Kier alpha value is -10.7. The van der Waals surface area contributed by atoms with E-state index in [2.05, 4.69) is 301 Å². The lowest BCUT2D eigenvalue weighted by Crippen LogP contribution is -2.33. The second kappa shape index (κ2) is 17.4. The highest BCUT2D eigenvalue weighted by atomic mass is 16.3. The number of nitrogens with zero attached hydrogens (tertiary/aromatic N) is 2. The van der Waals surface area contributed by atoms with Crippen molar-refractivity contribution in [3.8, 4) is 50.2 Å². The van der Waals surface area contributed by atoms with Gasteiger partial charge in [-0.2, -0.15) is 0 Å². The fourth-order valence-corrected chi connectivity index (χ4v) is 15.4. The van der Waals surface area contributed by atoms with Gasteiger partial charge in [-0.1, -0.05) is 243 Å². The molecule has 0 amide bonds. The van der Waals surface area contributed by atoms with Gasteiger partial charge in [-0.3, -0.25) is 0 Å². The molecule has 1 atom stereocenters. The number of benzene rings is 13. The first-order valence-corrected chi connectivity index (χ1v) is 28.8. The van der Waals surface area contributed by atoms with Gasteiger partial charge in [-0.25, -0.2) is 0 Å². The van der Waals surface area contributed by atoms with Gasteiger partial charge in [0.15, 0.2) is 0 Å². The number of furan rings is 1. The Kier molecular flexibility index (Phi) is 9.64. The molecule has 0 saturated carbocycles. The summed E-state index contributed by atoms with van der Waals surface area (Å²) in [6.07, 6.45) is 0. The topological polar surface area (TPSA) is 21.3 Å². The summed E-state index contributed by atoms with van der Waals surface area (Å²) in [7, 11) is 0. The fraction of sp³-hybridized carbons (Fsp3) is 0.0250. The predicted octanol–water partition coefficient (Wildman–Crippen LogP) is 20.5. The third kappa shape index (κ3) is 6.18. The van der Waals surface area contributed by atoms with E-state index in [0.717, 1.165) is 50.1 Å². The molecule has 2 aromatic heterocycles. The zero-order chi connectivity index (χ0) is 54.4. The van der Waals surface area contributed by atoms with Crippen LogP contribution in [0.25, 0.3) is 93.9 Å². The Morgan fingerprint density at radius 2 is 0.807 bits per heavy atom. The molecule has 3 heteroatoms. The van der Waals surface area contributed by atoms with E-state index < -0.39 is 10.8 Å². The quantitative estimate of drug-likeness (QED) is 0.159. The van der Waals surface area contributed by atoms with Crippen molar-refractivity contribution in [2.75, 3.05) is 4.90 Å². The lowest BCUT2D eigenvalue weighted by molar-refractivity contribution is 0.669. The summed E-state index contributed by atoms with van der Waals surface area (Å²) in [5.41, 5.74) is 27.7. The van der Waals surface area contributed by atoms with Crippen molar-refractivity contribution in [3.63, 3.8) is 0 Å². The monoisotopic (exact) mass is 1050 g/mol. The van der Waals surface area contributed by atoms with Gasteiger partial charge in [-0.05, 0) is 144 Å². The van der Waals surface area contributed by atoms with Crippen molar-refractivity contribution in [2.45, 2.75) is 10.8 Å². The normalized spacial score (nSPS) is 14.9. The van der Waals surface area contributed by atoms with Crippen LogP contribution in [-0.2, 0) is 10.8 Å². The average molecular weight is 1060 g/mol. The number of aromatic nitrogens is 1.